The van der Waals surface area contributed by atoms with Crippen LogP contribution < -0.4 is 11.3 Å². The van der Waals surface area contributed by atoms with E-state index in [1.165, 1.54) is 0 Å². The number of pyridine rings is 1. The van der Waals surface area contributed by atoms with E-state index < -0.39 is 0 Å². The number of terminal acetylenes is 1. The second-order valence-electron chi connectivity index (χ2n) is 2.02. The average molecular weight is 147 g/mol. The van der Waals surface area contributed by atoms with Crippen LogP contribution in [0.3, 0.4) is 0 Å². The van der Waals surface area contributed by atoms with E-state index in [0.29, 0.717) is 0 Å². The van der Waals surface area contributed by atoms with Crippen LogP contribution in [0.1, 0.15) is 11.7 Å². The Morgan fingerprint density at radius 3 is 2.91 bits per heavy atom. The first-order valence-electron chi connectivity index (χ1n) is 3.21. The highest BCUT2D eigenvalue weighted by atomic mass is 15.2. The largest absolute Gasteiger partial charge is 0.270 e. The van der Waals surface area contributed by atoms with Gasteiger partial charge in [0.05, 0.1) is 5.69 Å². The van der Waals surface area contributed by atoms with Crippen molar-refractivity contribution in [2.75, 3.05) is 0 Å². The zero-order valence-electron chi connectivity index (χ0n) is 5.99. The molecule has 0 radical (unpaired) electrons. The summed E-state index contributed by atoms with van der Waals surface area (Å²) in [6.07, 6.45) is 6.86. The summed E-state index contributed by atoms with van der Waals surface area (Å²) >= 11 is 0. The van der Waals surface area contributed by atoms with Crippen LogP contribution in [0, 0.1) is 12.3 Å². The zero-order chi connectivity index (χ0) is 8.10. The number of nitrogens with zero attached hydrogens (tertiary/aromatic N) is 1. The minimum Gasteiger partial charge on any atom is -0.270 e. The summed E-state index contributed by atoms with van der Waals surface area (Å²) in [6.45, 7) is 0. The van der Waals surface area contributed by atoms with Crippen molar-refractivity contribution in [3.05, 3.63) is 30.1 Å². The zero-order valence-corrected chi connectivity index (χ0v) is 5.99. The van der Waals surface area contributed by atoms with Gasteiger partial charge in [-0.2, -0.15) is 0 Å². The van der Waals surface area contributed by atoms with Gasteiger partial charge in [-0.3, -0.25) is 10.8 Å². The van der Waals surface area contributed by atoms with Crippen molar-refractivity contribution in [2.24, 2.45) is 5.84 Å². The standard InChI is InChI=1S/C8H9N3/c1-2-7(11-9)8-5-3-4-6-10-8/h1,3-7,11H,9H2. The summed E-state index contributed by atoms with van der Waals surface area (Å²) < 4.78 is 0. The van der Waals surface area contributed by atoms with Gasteiger partial charge in [-0.1, -0.05) is 12.0 Å². The third-order valence-electron chi connectivity index (χ3n) is 1.32. The maximum Gasteiger partial charge on any atom is 0.123 e. The molecule has 0 aromatic carbocycles. The van der Waals surface area contributed by atoms with Crippen LogP contribution in [0.4, 0.5) is 0 Å². The molecule has 0 saturated carbocycles. The summed E-state index contributed by atoms with van der Waals surface area (Å²) in [5, 5.41) is 0. The van der Waals surface area contributed by atoms with Crippen LogP contribution in [0.2, 0.25) is 0 Å². The first kappa shape index (κ1) is 7.73. The summed E-state index contributed by atoms with van der Waals surface area (Å²) in [7, 11) is 0. The van der Waals surface area contributed by atoms with Gasteiger partial charge >= 0.3 is 0 Å². The van der Waals surface area contributed by atoms with E-state index in [9.17, 15) is 0 Å². The minimum absolute atomic E-state index is 0.295. The quantitative estimate of drug-likeness (QED) is 0.357. The predicted molar refractivity (Wildman–Crippen MR) is 43.1 cm³/mol. The Balaban J connectivity index is 2.85. The molecule has 56 valence electrons. The molecule has 0 aliphatic heterocycles. The number of rotatable bonds is 2. The number of hydrazine groups is 1. The molecule has 3 heteroatoms. The molecule has 0 bridgehead atoms. The van der Waals surface area contributed by atoms with E-state index in [0.717, 1.165) is 5.69 Å². The van der Waals surface area contributed by atoms with Gasteiger partial charge in [0.25, 0.3) is 0 Å². The van der Waals surface area contributed by atoms with Gasteiger partial charge in [0.1, 0.15) is 6.04 Å². The summed E-state index contributed by atoms with van der Waals surface area (Å²) in [5.41, 5.74) is 3.23. The third-order valence-corrected chi connectivity index (χ3v) is 1.32. The third kappa shape index (κ3) is 1.77. The molecule has 1 aromatic heterocycles. The first-order valence-corrected chi connectivity index (χ1v) is 3.21. The topological polar surface area (TPSA) is 50.9 Å². The summed E-state index contributed by atoms with van der Waals surface area (Å²) in [4.78, 5) is 4.04. The molecule has 3 N–H and O–H groups in total. The molecule has 3 nitrogen and oxygen atoms in total. The SMILES string of the molecule is C#CC(NN)c1ccccn1. The van der Waals surface area contributed by atoms with E-state index in [1.807, 2.05) is 18.2 Å². The molecule has 1 aromatic rings. The number of hydrogen-bond donors (Lipinski definition) is 2. The van der Waals surface area contributed by atoms with Crippen molar-refractivity contribution in [1.82, 2.24) is 10.4 Å². The highest BCUT2D eigenvalue weighted by molar-refractivity contribution is 5.17. The van der Waals surface area contributed by atoms with Gasteiger partial charge in [0.15, 0.2) is 0 Å². The molecule has 1 unspecified atom stereocenters. The normalized spacial score (nSPS) is 12.0. The number of nitrogens with two attached hydrogens (primary N) is 1. The maximum absolute atomic E-state index is 5.18. The molecular formula is C8H9N3. The fourth-order valence-corrected chi connectivity index (χ4v) is 0.766. The minimum atomic E-state index is -0.295. The molecule has 0 spiro atoms. The van der Waals surface area contributed by atoms with E-state index in [-0.39, 0.29) is 6.04 Å². The van der Waals surface area contributed by atoms with Gasteiger partial charge in [-0.15, -0.1) is 6.42 Å². The van der Waals surface area contributed by atoms with Crippen molar-refractivity contribution in [1.29, 1.82) is 0 Å². The molecule has 0 amide bonds. The lowest BCUT2D eigenvalue weighted by Crippen LogP contribution is -2.27. The maximum atomic E-state index is 5.18. The van der Waals surface area contributed by atoms with Crippen molar-refractivity contribution in [3.63, 3.8) is 0 Å². The van der Waals surface area contributed by atoms with Crippen LogP contribution in [-0.4, -0.2) is 4.98 Å². The van der Waals surface area contributed by atoms with Crippen molar-refractivity contribution in [3.8, 4) is 12.3 Å². The van der Waals surface area contributed by atoms with E-state index in [4.69, 9.17) is 12.3 Å². The Bertz CT molecular complexity index is 250. The lowest BCUT2D eigenvalue weighted by Gasteiger charge is -2.06. The Hall–Kier alpha value is -1.37. The molecule has 1 rings (SSSR count). The molecule has 1 heterocycles. The van der Waals surface area contributed by atoms with E-state index in [2.05, 4.69) is 16.3 Å². The summed E-state index contributed by atoms with van der Waals surface area (Å²) in [5.74, 6) is 7.65. The average Bonchev–Trinajstić information content (AvgIpc) is 2.09. The predicted octanol–water partition coefficient (Wildman–Crippen LogP) is 0.219. The molecule has 11 heavy (non-hydrogen) atoms. The fraction of sp³-hybridized carbons (Fsp3) is 0.125. The molecule has 0 aliphatic carbocycles. The van der Waals surface area contributed by atoms with Gasteiger partial charge in [0.2, 0.25) is 0 Å². The number of hydrogen-bond acceptors (Lipinski definition) is 3. The van der Waals surface area contributed by atoms with Crippen LogP contribution in [0.25, 0.3) is 0 Å². The van der Waals surface area contributed by atoms with Crippen molar-refractivity contribution >= 4 is 0 Å². The number of aromatic nitrogens is 1. The van der Waals surface area contributed by atoms with Gasteiger partial charge < -0.3 is 0 Å². The van der Waals surface area contributed by atoms with Crippen LogP contribution in [0.15, 0.2) is 24.4 Å². The van der Waals surface area contributed by atoms with Crippen LogP contribution >= 0.6 is 0 Å². The lowest BCUT2D eigenvalue weighted by atomic mass is 10.2. The Kier molecular flexibility index (Phi) is 2.61. The first-order chi connectivity index (χ1) is 5.38. The molecule has 0 saturated heterocycles. The van der Waals surface area contributed by atoms with Crippen molar-refractivity contribution < 1.29 is 0 Å². The molecular weight excluding hydrogens is 138 g/mol. The monoisotopic (exact) mass is 147 g/mol. The van der Waals surface area contributed by atoms with E-state index >= 15 is 0 Å². The molecule has 1 atom stereocenters. The van der Waals surface area contributed by atoms with Crippen molar-refractivity contribution in [2.45, 2.75) is 6.04 Å². The smallest absolute Gasteiger partial charge is 0.123 e. The van der Waals surface area contributed by atoms with Crippen LogP contribution in [-0.2, 0) is 0 Å². The lowest BCUT2D eigenvalue weighted by molar-refractivity contribution is 0.656. The highest BCUT2D eigenvalue weighted by Crippen LogP contribution is 2.04. The van der Waals surface area contributed by atoms with Gasteiger partial charge in [0, 0.05) is 6.20 Å². The Morgan fingerprint density at radius 1 is 1.64 bits per heavy atom. The Labute approximate surface area is 65.6 Å². The van der Waals surface area contributed by atoms with E-state index in [1.54, 1.807) is 6.20 Å². The molecule has 0 aliphatic rings. The van der Waals surface area contributed by atoms with Gasteiger partial charge in [-0.25, -0.2) is 5.43 Å². The highest BCUT2D eigenvalue weighted by Gasteiger charge is 2.04. The van der Waals surface area contributed by atoms with Crippen LogP contribution in [0.5, 0.6) is 0 Å². The fourth-order valence-electron chi connectivity index (χ4n) is 0.766. The number of nitrogens with one attached hydrogen (secondary N) is 1. The molecule has 0 fully saturated rings. The summed E-state index contributed by atoms with van der Waals surface area (Å²) in [6, 6.07) is 5.22. The Morgan fingerprint density at radius 2 is 2.45 bits per heavy atom. The van der Waals surface area contributed by atoms with Gasteiger partial charge in [-0.05, 0) is 12.1 Å². The second kappa shape index (κ2) is 3.71. The second-order valence-corrected chi connectivity index (χ2v) is 2.02.